The van der Waals surface area contributed by atoms with Crippen LogP contribution in [0.4, 0.5) is 5.69 Å². The van der Waals surface area contributed by atoms with E-state index in [0.29, 0.717) is 17.9 Å². The van der Waals surface area contributed by atoms with Crippen LogP contribution in [0.15, 0.2) is 24.3 Å². The second kappa shape index (κ2) is 8.63. The molecular weight excluding hydrogens is 292 g/mol. The van der Waals surface area contributed by atoms with Crippen molar-refractivity contribution in [1.29, 1.82) is 0 Å². The molecule has 1 aromatic rings. The smallest absolute Gasteiger partial charge is 0.224 e. The summed E-state index contributed by atoms with van der Waals surface area (Å²) in [5, 5.41) is 5.77. The van der Waals surface area contributed by atoms with Gasteiger partial charge < -0.3 is 15.4 Å². The van der Waals surface area contributed by atoms with Gasteiger partial charge in [0.2, 0.25) is 5.91 Å². The lowest BCUT2D eigenvalue weighted by Crippen LogP contribution is -2.15. The predicted molar refractivity (Wildman–Crippen MR) is 83.4 cm³/mol. The first-order valence-corrected chi connectivity index (χ1v) is 8.82. The minimum Gasteiger partial charge on any atom is -0.492 e. The Balaban J connectivity index is 2.46. The van der Waals surface area contributed by atoms with Crippen LogP contribution < -0.4 is 15.4 Å². The first kappa shape index (κ1) is 17.5. The van der Waals surface area contributed by atoms with Crippen LogP contribution in [-0.2, 0) is 14.6 Å². The van der Waals surface area contributed by atoms with Crippen LogP contribution in [0.25, 0.3) is 0 Å². The molecule has 6 nitrogen and oxygen atoms in total. The number of sulfone groups is 1. The number of carbonyl (C=O) groups is 1. The summed E-state index contributed by atoms with van der Waals surface area (Å²) in [4.78, 5) is 11.7. The molecule has 0 atom stereocenters. The molecule has 7 heteroatoms. The fourth-order valence-electron chi connectivity index (χ4n) is 1.62. The third-order valence-corrected chi connectivity index (χ3v) is 3.58. The summed E-state index contributed by atoms with van der Waals surface area (Å²) in [5.41, 5.74) is 0.640. The second-order valence-corrected chi connectivity index (χ2v) is 7.02. The summed E-state index contributed by atoms with van der Waals surface area (Å²) in [7, 11) is -1.19. The van der Waals surface area contributed by atoms with Gasteiger partial charge >= 0.3 is 0 Å². The van der Waals surface area contributed by atoms with E-state index in [1.807, 2.05) is 7.05 Å². The number of hydrogen-bond donors (Lipinski definition) is 2. The molecule has 0 aromatic heterocycles. The Morgan fingerprint density at radius 2 is 2.10 bits per heavy atom. The molecule has 0 saturated heterocycles. The highest BCUT2D eigenvalue weighted by Crippen LogP contribution is 2.17. The Labute approximate surface area is 125 Å². The van der Waals surface area contributed by atoms with E-state index in [9.17, 15) is 13.2 Å². The van der Waals surface area contributed by atoms with Gasteiger partial charge in [-0.1, -0.05) is 6.07 Å². The maximum absolute atomic E-state index is 11.7. The van der Waals surface area contributed by atoms with Gasteiger partial charge in [-0.25, -0.2) is 8.42 Å². The molecule has 0 unspecified atom stereocenters. The summed E-state index contributed by atoms with van der Waals surface area (Å²) in [6, 6.07) is 6.91. The molecule has 0 aliphatic carbocycles. The van der Waals surface area contributed by atoms with Gasteiger partial charge in [0.25, 0.3) is 0 Å². The first-order chi connectivity index (χ1) is 9.90. The van der Waals surface area contributed by atoms with E-state index in [4.69, 9.17) is 4.74 Å². The number of amides is 1. The molecule has 0 bridgehead atoms. The Morgan fingerprint density at radius 1 is 1.33 bits per heavy atom. The van der Waals surface area contributed by atoms with Gasteiger partial charge in [-0.15, -0.1) is 0 Å². The highest BCUT2D eigenvalue weighted by Gasteiger charge is 2.05. The standard InChI is InChI=1S/C14H22N2O4S/c1-15-8-4-7-14(17)16-12-5-3-6-13(11-12)20-9-10-21(2,18)19/h3,5-6,11,15H,4,7-10H2,1-2H3,(H,16,17). The highest BCUT2D eigenvalue weighted by atomic mass is 32.2. The maximum atomic E-state index is 11.7. The van der Waals surface area contributed by atoms with Crippen LogP contribution in [0.1, 0.15) is 12.8 Å². The molecule has 0 heterocycles. The molecule has 1 amide bonds. The molecule has 2 N–H and O–H groups in total. The number of rotatable bonds is 9. The highest BCUT2D eigenvalue weighted by molar-refractivity contribution is 7.90. The summed E-state index contributed by atoms with van der Waals surface area (Å²) in [6.45, 7) is 0.889. The van der Waals surface area contributed by atoms with Crippen molar-refractivity contribution in [2.45, 2.75) is 12.8 Å². The van der Waals surface area contributed by atoms with E-state index >= 15 is 0 Å². The normalized spacial score (nSPS) is 11.1. The van der Waals surface area contributed by atoms with Crippen LogP contribution in [0.5, 0.6) is 5.75 Å². The van der Waals surface area contributed by atoms with Gasteiger partial charge in [-0.05, 0) is 32.1 Å². The second-order valence-electron chi connectivity index (χ2n) is 4.76. The molecule has 0 saturated carbocycles. The number of anilines is 1. The number of carbonyl (C=O) groups excluding carboxylic acids is 1. The van der Waals surface area contributed by atoms with Gasteiger partial charge in [-0.2, -0.15) is 0 Å². The number of benzene rings is 1. The van der Waals surface area contributed by atoms with Crippen molar-refractivity contribution in [3.05, 3.63) is 24.3 Å². The molecule has 0 aliphatic rings. The van der Waals surface area contributed by atoms with Crippen molar-refractivity contribution in [2.24, 2.45) is 0 Å². The molecule has 1 rings (SSSR count). The Kier molecular flexibility index (Phi) is 7.18. The van der Waals surface area contributed by atoms with E-state index < -0.39 is 9.84 Å². The van der Waals surface area contributed by atoms with Crippen molar-refractivity contribution in [3.8, 4) is 5.75 Å². The molecule has 0 aliphatic heterocycles. The van der Waals surface area contributed by atoms with Gasteiger partial charge in [0.15, 0.2) is 9.84 Å². The largest absolute Gasteiger partial charge is 0.492 e. The van der Waals surface area contributed by atoms with Crippen LogP contribution in [0.2, 0.25) is 0 Å². The zero-order valence-electron chi connectivity index (χ0n) is 12.4. The lowest BCUT2D eigenvalue weighted by molar-refractivity contribution is -0.116. The van der Waals surface area contributed by atoms with Crippen molar-refractivity contribution >= 4 is 21.4 Å². The minimum absolute atomic E-state index is 0.0341. The lowest BCUT2D eigenvalue weighted by Gasteiger charge is -2.09. The number of ether oxygens (including phenoxy) is 1. The molecule has 21 heavy (non-hydrogen) atoms. The summed E-state index contributed by atoms with van der Waals surface area (Å²) < 4.78 is 27.4. The lowest BCUT2D eigenvalue weighted by atomic mass is 10.2. The number of nitrogens with one attached hydrogen (secondary N) is 2. The van der Waals surface area contributed by atoms with Crippen LogP contribution in [-0.4, -0.2) is 46.5 Å². The van der Waals surface area contributed by atoms with Crippen molar-refractivity contribution < 1.29 is 17.9 Å². The van der Waals surface area contributed by atoms with E-state index in [2.05, 4.69) is 10.6 Å². The Morgan fingerprint density at radius 3 is 2.76 bits per heavy atom. The number of hydrogen-bond acceptors (Lipinski definition) is 5. The van der Waals surface area contributed by atoms with Crippen LogP contribution >= 0.6 is 0 Å². The summed E-state index contributed by atoms with van der Waals surface area (Å²) in [6.07, 6.45) is 2.38. The Bertz CT molecular complexity index is 558. The van der Waals surface area contributed by atoms with Crippen LogP contribution in [0, 0.1) is 0 Å². The Hall–Kier alpha value is -1.60. The van der Waals surface area contributed by atoms with Gasteiger partial charge in [0.05, 0.1) is 5.75 Å². The first-order valence-electron chi connectivity index (χ1n) is 6.76. The quantitative estimate of drug-likeness (QED) is 0.666. The summed E-state index contributed by atoms with van der Waals surface area (Å²) >= 11 is 0. The topological polar surface area (TPSA) is 84.5 Å². The third kappa shape index (κ3) is 8.31. The molecule has 0 radical (unpaired) electrons. The zero-order valence-corrected chi connectivity index (χ0v) is 13.2. The average Bonchev–Trinajstić information content (AvgIpc) is 2.38. The van der Waals surface area contributed by atoms with Gasteiger partial charge in [0.1, 0.15) is 12.4 Å². The van der Waals surface area contributed by atoms with Crippen LogP contribution in [0.3, 0.4) is 0 Å². The fraction of sp³-hybridized carbons (Fsp3) is 0.500. The van der Waals surface area contributed by atoms with Crippen molar-refractivity contribution in [2.75, 3.05) is 37.5 Å². The van der Waals surface area contributed by atoms with E-state index in [1.165, 1.54) is 0 Å². The third-order valence-electron chi connectivity index (χ3n) is 2.67. The molecular formula is C14H22N2O4S. The van der Waals surface area contributed by atoms with Gasteiger partial charge in [0, 0.05) is 24.4 Å². The predicted octanol–water partition coefficient (Wildman–Crippen LogP) is 1.05. The SMILES string of the molecule is CNCCCC(=O)Nc1cccc(OCCS(C)(=O)=O)c1. The maximum Gasteiger partial charge on any atom is 0.224 e. The molecule has 118 valence electrons. The van der Waals surface area contributed by atoms with E-state index in [1.54, 1.807) is 24.3 Å². The monoisotopic (exact) mass is 314 g/mol. The zero-order chi connectivity index (χ0) is 15.7. The molecule has 0 spiro atoms. The molecule has 1 aromatic carbocycles. The van der Waals surface area contributed by atoms with E-state index in [0.717, 1.165) is 19.2 Å². The van der Waals surface area contributed by atoms with E-state index in [-0.39, 0.29) is 18.3 Å². The fourth-order valence-corrected chi connectivity index (χ4v) is 2.01. The minimum atomic E-state index is -3.04. The average molecular weight is 314 g/mol. The van der Waals surface area contributed by atoms with Gasteiger partial charge in [-0.3, -0.25) is 4.79 Å². The van der Waals surface area contributed by atoms with Crippen molar-refractivity contribution in [1.82, 2.24) is 5.32 Å². The van der Waals surface area contributed by atoms with Crippen molar-refractivity contribution in [3.63, 3.8) is 0 Å². The summed E-state index contributed by atoms with van der Waals surface area (Å²) in [5.74, 6) is 0.443. The molecule has 0 fully saturated rings.